The van der Waals surface area contributed by atoms with Crippen molar-refractivity contribution < 1.29 is 49.5 Å². The number of aliphatic carboxylic acids is 1. The Hall–Kier alpha value is -3.94. The molecule has 1 aromatic heterocycles. The van der Waals surface area contributed by atoms with E-state index in [0.717, 1.165) is 23.3 Å². The molecule has 2 aromatic carbocycles. The van der Waals surface area contributed by atoms with Crippen LogP contribution in [0.25, 0.3) is 11.1 Å². The molecule has 0 aliphatic carbocycles. The standard InChI is InChI=1S/C26H25F3N2O3S.C2HF3O2.CH4/c1-25(2,35(33,34)23-7-3-6-21(15-23)26(27,28)29)20-12-14-31(24(32)16-20)22-10-8-18(9-11-22)19-5-4-13-30-17-19;3-2(4,5)1(6)7;/h3-11,13,15,17,20H,12,14,16H2,1-2H3;(H,6,7);1H4/p-1/t20-;;/m1../s1. The summed E-state index contributed by atoms with van der Waals surface area (Å²) < 4.78 is 96.3. The van der Waals surface area contributed by atoms with Gasteiger partial charge in [-0.25, -0.2) is 8.42 Å². The van der Waals surface area contributed by atoms with Gasteiger partial charge in [-0.15, -0.1) is 0 Å². The Morgan fingerprint density at radius 3 is 2.05 bits per heavy atom. The number of halogens is 6. The molecule has 1 fully saturated rings. The summed E-state index contributed by atoms with van der Waals surface area (Å²) in [4.78, 5) is 27.1. The fourth-order valence-corrected chi connectivity index (χ4v) is 6.22. The molecule has 1 aliphatic heterocycles. The van der Waals surface area contributed by atoms with Crippen LogP contribution >= 0.6 is 0 Å². The zero-order valence-corrected chi connectivity index (χ0v) is 23.1. The van der Waals surface area contributed by atoms with Crippen molar-refractivity contribution in [2.24, 2.45) is 5.92 Å². The molecule has 3 aromatic rings. The quantitative estimate of drug-likeness (QED) is 0.335. The van der Waals surface area contributed by atoms with Gasteiger partial charge in [-0.05, 0) is 73.7 Å². The molecule has 1 saturated heterocycles. The average Bonchev–Trinajstić information content (AvgIpc) is 2.93. The van der Waals surface area contributed by atoms with Crippen LogP contribution in [0.1, 0.15) is 39.7 Å². The summed E-state index contributed by atoms with van der Waals surface area (Å²) in [6, 6.07) is 15.0. The van der Waals surface area contributed by atoms with E-state index in [2.05, 4.69) is 4.98 Å². The number of anilines is 1. The Labute approximate surface area is 245 Å². The van der Waals surface area contributed by atoms with Gasteiger partial charge in [0.05, 0.1) is 15.2 Å². The van der Waals surface area contributed by atoms with Crippen molar-refractivity contribution >= 4 is 27.4 Å². The number of rotatable bonds is 5. The van der Waals surface area contributed by atoms with Crippen molar-refractivity contribution in [1.82, 2.24) is 4.98 Å². The van der Waals surface area contributed by atoms with Crippen LogP contribution in [-0.2, 0) is 25.6 Å². The fraction of sp³-hybridized carbons (Fsp3) is 0.345. The molecule has 0 radical (unpaired) electrons. The number of hydrogen-bond acceptors (Lipinski definition) is 6. The highest BCUT2D eigenvalue weighted by Gasteiger charge is 2.46. The number of nitrogens with zero attached hydrogens (tertiary/aromatic N) is 2. The molecule has 1 amide bonds. The van der Waals surface area contributed by atoms with Crippen molar-refractivity contribution in [3.63, 3.8) is 0 Å². The molecule has 43 heavy (non-hydrogen) atoms. The summed E-state index contributed by atoms with van der Waals surface area (Å²) >= 11 is 0. The van der Waals surface area contributed by atoms with Gasteiger partial charge in [0.25, 0.3) is 0 Å². The number of carboxylic acid groups (broad SMARTS) is 1. The van der Waals surface area contributed by atoms with Gasteiger partial charge in [0, 0.05) is 31.0 Å². The number of alkyl halides is 6. The fourth-order valence-electron chi connectivity index (χ4n) is 4.43. The second kappa shape index (κ2) is 13.1. The van der Waals surface area contributed by atoms with Gasteiger partial charge in [0.15, 0.2) is 9.84 Å². The van der Waals surface area contributed by atoms with E-state index >= 15 is 0 Å². The van der Waals surface area contributed by atoms with Crippen LogP contribution in [0.15, 0.2) is 78.0 Å². The molecule has 0 N–H and O–H groups in total. The van der Waals surface area contributed by atoms with Crippen LogP contribution < -0.4 is 10.0 Å². The van der Waals surface area contributed by atoms with E-state index in [1.807, 2.05) is 36.4 Å². The van der Waals surface area contributed by atoms with Gasteiger partial charge >= 0.3 is 12.4 Å². The van der Waals surface area contributed by atoms with Crippen LogP contribution in [0, 0.1) is 5.92 Å². The Kier molecular flexibility index (Phi) is 10.8. The lowest BCUT2D eigenvalue weighted by Gasteiger charge is -2.39. The molecule has 4 rings (SSSR count). The van der Waals surface area contributed by atoms with Crippen molar-refractivity contribution in [1.29, 1.82) is 0 Å². The normalized spacial score (nSPS) is 16.0. The van der Waals surface area contributed by atoms with E-state index < -0.39 is 49.3 Å². The van der Waals surface area contributed by atoms with E-state index in [4.69, 9.17) is 9.90 Å². The van der Waals surface area contributed by atoms with Crippen LogP contribution in [0.3, 0.4) is 0 Å². The molecule has 0 saturated carbocycles. The number of pyridine rings is 1. The lowest BCUT2D eigenvalue weighted by atomic mass is 9.85. The zero-order valence-electron chi connectivity index (χ0n) is 22.2. The lowest BCUT2D eigenvalue weighted by Crippen LogP contribution is -2.48. The first-order valence-corrected chi connectivity index (χ1v) is 13.8. The van der Waals surface area contributed by atoms with Crippen molar-refractivity contribution in [2.45, 2.75) is 56.1 Å². The number of hydrogen-bond donors (Lipinski definition) is 0. The number of carbonyl (C=O) groups excluding carboxylic acids is 2. The number of carboxylic acids is 1. The highest BCUT2D eigenvalue weighted by molar-refractivity contribution is 7.92. The van der Waals surface area contributed by atoms with Crippen LogP contribution in [0.4, 0.5) is 32.0 Å². The van der Waals surface area contributed by atoms with Gasteiger partial charge in [-0.2, -0.15) is 26.3 Å². The maximum absolute atomic E-state index is 13.4. The van der Waals surface area contributed by atoms with E-state index in [1.165, 1.54) is 19.9 Å². The molecule has 1 aliphatic rings. The van der Waals surface area contributed by atoms with Gasteiger partial charge < -0.3 is 14.8 Å². The monoisotopic (exact) mass is 631 g/mol. The maximum atomic E-state index is 13.4. The van der Waals surface area contributed by atoms with Crippen molar-refractivity contribution in [2.75, 3.05) is 11.4 Å². The minimum absolute atomic E-state index is 0. The number of piperidine rings is 1. The molecule has 14 heteroatoms. The zero-order chi connectivity index (χ0) is 31.5. The first kappa shape index (κ1) is 35.3. The van der Waals surface area contributed by atoms with E-state index in [9.17, 15) is 39.6 Å². The molecular weight excluding hydrogens is 602 g/mol. The minimum Gasteiger partial charge on any atom is -0.542 e. The molecule has 2 heterocycles. The molecule has 1 atom stereocenters. The SMILES string of the molecule is C.CC(C)([C@@H]1CCN(c2ccc(-c3cccnc3)cc2)C(=O)C1)S(=O)(=O)c1cccc(C(F)(F)F)c1.O=C([O-])C(F)(F)F. The minimum atomic E-state index is -5.19. The van der Waals surface area contributed by atoms with Gasteiger partial charge in [0.1, 0.15) is 5.97 Å². The Bertz CT molecular complexity index is 1520. The Balaban J connectivity index is 0.000000721. The lowest BCUT2D eigenvalue weighted by molar-refractivity contribution is -0.344. The third kappa shape index (κ3) is 8.12. The third-order valence-electron chi connectivity index (χ3n) is 6.98. The smallest absolute Gasteiger partial charge is 0.430 e. The van der Waals surface area contributed by atoms with Crippen LogP contribution in [0.5, 0.6) is 0 Å². The second-order valence-corrected chi connectivity index (χ2v) is 12.5. The average molecular weight is 632 g/mol. The van der Waals surface area contributed by atoms with E-state index in [1.54, 1.807) is 17.3 Å². The number of aromatic nitrogens is 1. The molecule has 0 bridgehead atoms. The molecule has 0 unspecified atom stereocenters. The number of carbonyl (C=O) groups is 2. The molecule has 234 valence electrons. The van der Waals surface area contributed by atoms with Crippen LogP contribution in [-0.4, -0.2) is 42.7 Å². The van der Waals surface area contributed by atoms with Crippen molar-refractivity contribution in [3.8, 4) is 11.1 Å². The highest BCUT2D eigenvalue weighted by Crippen LogP contribution is 2.40. The van der Waals surface area contributed by atoms with Gasteiger partial charge in [-0.1, -0.05) is 31.7 Å². The van der Waals surface area contributed by atoms with E-state index in [0.29, 0.717) is 24.7 Å². The Morgan fingerprint density at radius 1 is 0.953 bits per heavy atom. The van der Waals surface area contributed by atoms with E-state index in [-0.39, 0.29) is 19.8 Å². The predicted octanol–water partition coefficient (Wildman–Crippen LogP) is 5.70. The van der Waals surface area contributed by atoms with Gasteiger partial charge in [0.2, 0.25) is 5.91 Å². The number of sulfone groups is 1. The molecule has 0 spiro atoms. The Morgan fingerprint density at radius 2 is 1.56 bits per heavy atom. The highest BCUT2D eigenvalue weighted by atomic mass is 32.2. The summed E-state index contributed by atoms with van der Waals surface area (Å²) in [5.74, 6) is -3.77. The summed E-state index contributed by atoms with van der Waals surface area (Å²) in [6.07, 6.45) is -6.02. The summed E-state index contributed by atoms with van der Waals surface area (Å²) in [6.45, 7) is 3.29. The maximum Gasteiger partial charge on any atom is 0.430 e. The number of amides is 1. The topological polar surface area (TPSA) is 107 Å². The number of benzene rings is 2. The van der Waals surface area contributed by atoms with Gasteiger partial charge in [-0.3, -0.25) is 9.78 Å². The first-order valence-electron chi connectivity index (χ1n) is 12.4. The second-order valence-electron chi connectivity index (χ2n) is 9.94. The third-order valence-corrected chi connectivity index (χ3v) is 9.57. The largest absolute Gasteiger partial charge is 0.542 e. The van der Waals surface area contributed by atoms with Crippen LogP contribution in [0.2, 0.25) is 0 Å². The summed E-state index contributed by atoms with van der Waals surface area (Å²) in [5.41, 5.74) is 1.60. The predicted molar refractivity (Wildman–Crippen MR) is 145 cm³/mol. The molecular formula is C29H29F6N2O5S-. The summed E-state index contributed by atoms with van der Waals surface area (Å²) in [5, 5.41) is 8.78. The first-order chi connectivity index (χ1) is 19.4. The van der Waals surface area contributed by atoms with Crippen molar-refractivity contribution in [3.05, 3.63) is 78.6 Å². The summed E-state index contributed by atoms with van der Waals surface area (Å²) in [7, 11) is -4.14. The molecule has 7 nitrogen and oxygen atoms in total.